The highest BCUT2D eigenvalue weighted by atomic mass is 32.2. The number of amides is 1. The molecule has 9 heteroatoms. The molecule has 1 amide bonds. The van der Waals surface area contributed by atoms with Gasteiger partial charge in [-0.2, -0.15) is 5.26 Å². The average molecular weight is 431 g/mol. The SMILES string of the molecule is C=CCN1C(=O)C(=Cc2c(C)c(C#N)c(=O)n(CC)c2N2CCOCC2)SC1=S. The van der Waals surface area contributed by atoms with E-state index < -0.39 is 0 Å². The lowest BCUT2D eigenvalue weighted by atomic mass is 10.0. The molecule has 0 bridgehead atoms. The van der Waals surface area contributed by atoms with Crippen LogP contribution in [0.4, 0.5) is 5.82 Å². The average Bonchev–Trinajstić information content (AvgIpc) is 2.98. The molecule has 29 heavy (non-hydrogen) atoms. The summed E-state index contributed by atoms with van der Waals surface area (Å²) in [6.45, 7) is 10.4. The normalized spacial score (nSPS) is 18.4. The van der Waals surface area contributed by atoms with Gasteiger partial charge in [-0.15, -0.1) is 6.58 Å². The van der Waals surface area contributed by atoms with Crippen LogP contribution in [0, 0.1) is 18.3 Å². The second-order valence-corrected chi connectivity index (χ2v) is 8.25. The molecule has 2 saturated heterocycles. The number of rotatable bonds is 5. The molecule has 0 atom stereocenters. The lowest BCUT2D eigenvalue weighted by molar-refractivity contribution is -0.121. The monoisotopic (exact) mass is 430 g/mol. The summed E-state index contributed by atoms with van der Waals surface area (Å²) in [7, 11) is 0. The van der Waals surface area contributed by atoms with Gasteiger partial charge < -0.3 is 9.64 Å². The van der Waals surface area contributed by atoms with E-state index in [1.807, 2.05) is 13.0 Å². The van der Waals surface area contributed by atoms with Crippen LogP contribution in [-0.2, 0) is 16.1 Å². The van der Waals surface area contributed by atoms with Gasteiger partial charge in [-0.25, -0.2) is 0 Å². The maximum Gasteiger partial charge on any atom is 0.270 e. The first-order chi connectivity index (χ1) is 13.9. The summed E-state index contributed by atoms with van der Waals surface area (Å²) >= 11 is 6.55. The van der Waals surface area contributed by atoms with Crippen molar-refractivity contribution in [1.29, 1.82) is 5.26 Å². The summed E-state index contributed by atoms with van der Waals surface area (Å²) in [6, 6.07) is 2.04. The number of nitriles is 1. The van der Waals surface area contributed by atoms with Crippen molar-refractivity contribution in [2.75, 3.05) is 37.7 Å². The van der Waals surface area contributed by atoms with Crippen molar-refractivity contribution < 1.29 is 9.53 Å². The summed E-state index contributed by atoms with van der Waals surface area (Å²) in [6.07, 6.45) is 3.39. The van der Waals surface area contributed by atoms with Gasteiger partial charge in [0.25, 0.3) is 11.5 Å². The van der Waals surface area contributed by atoms with Crippen molar-refractivity contribution in [3.05, 3.63) is 44.6 Å². The highest BCUT2D eigenvalue weighted by Gasteiger charge is 2.32. The molecule has 0 radical (unpaired) electrons. The molecule has 2 aliphatic rings. The Morgan fingerprint density at radius 3 is 2.62 bits per heavy atom. The smallest absolute Gasteiger partial charge is 0.270 e. The molecule has 0 aliphatic carbocycles. The standard InChI is InChI=1S/C20H22N4O3S2/c1-4-6-24-19(26)16(29-20(24)28)11-14-13(3)15(12-21)18(25)23(5-2)17(14)22-7-9-27-10-8-22/h4,11H,1,5-10H2,2-3H3. The largest absolute Gasteiger partial charge is 0.378 e. The maximum atomic E-state index is 12.9. The Kier molecular flexibility index (Phi) is 6.57. The van der Waals surface area contributed by atoms with Gasteiger partial charge in [0, 0.05) is 31.7 Å². The number of ether oxygens (including phenoxy) is 1. The van der Waals surface area contributed by atoms with Crippen LogP contribution in [0.15, 0.2) is 22.4 Å². The molecule has 0 aromatic carbocycles. The Bertz CT molecular complexity index is 1000. The molecule has 0 N–H and O–H groups in total. The summed E-state index contributed by atoms with van der Waals surface area (Å²) < 4.78 is 7.53. The van der Waals surface area contributed by atoms with Crippen molar-refractivity contribution in [3.63, 3.8) is 0 Å². The third kappa shape index (κ3) is 3.88. The zero-order chi connectivity index (χ0) is 21.1. The van der Waals surface area contributed by atoms with Gasteiger partial charge in [0.1, 0.15) is 21.8 Å². The van der Waals surface area contributed by atoms with E-state index in [-0.39, 0.29) is 17.0 Å². The molecular formula is C20H22N4O3S2. The molecule has 7 nitrogen and oxygen atoms in total. The number of thioether (sulfide) groups is 1. The Morgan fingerprint density at radius 2 is 2.03 bits per heavy atom. The number of carbonyl (C=O) groups excluding carboxylic acids is 1. The van der Waals surface area contributed by atoms with Gasteiger partial charge in [-0.05, 0) is 25.5 Å². The third-order valence-corrected chi connectivity index (χ3v) is 6.31. The first-order valence-corrected chi connectivity index (χ1v) is 10.5. The highest BCUT2D eigenvalue weighted by Crippen LogP contribution is 2.35. The number of hydrogen-bond acceptors (Lipinski definition) is 7. The maximum absolute atomic E-state index is 12.9. The van der Waals surface area contributed by atoms with Crippen LogP contribution in [0.5, 0.6) is 0 Å². The molecule has 1 aromatic heterocycles. The van der Waals surface area contributed by atoms with E-state index in [1.54, 1.807) is 23.6 Å². The van der Waals surface area contributed by atoms with Crippen LogP contribution in [0.2, 0.25) is 0 Å². The fraction of sp³-hybridized carbons (Fsp3) is 0.400. The van der Waals surface area contributed by atoms with Crippen LogP contribution in [-0.4, -0.2) is 52.5 Å². The minimum absolute atomic E-state index is 0.0941. The minimum atomic E-state index is -0.314. The minimum Gasteiger partial charge on any atom is -0.378 e. The zero-order valence-corrected chi connectivity index (χ0v) is 18.1. The predicted octanol–water partition coefficient (Wildman–Crippen LogP) is 2.27. The molecule has 2 aliphatic heterocycles. The second kappa shape index (κ2) is 8.95. The first kappa shape index (κ1) is 21.3. The van der Waals surface area contributed by atoms with E-state index in [0.29, 0.717) is 65.6 Å². The van der Waals surface area contributed by atoms with Crippen LogP contribution in [0.1, 0.15) is 23.6 Å². The van der Waals surface area contributed by atoms with Gasteiger partial charge in [0.15, 0.2) is 0 Å². The summed E-state index contributed by atoms with van der Waals surface area (Å²) in [5.74, 6) is 0.520. The molecule has 152 valence electrons. The van der Waals surface area contributed by atoms with E-state index >= 15 is 0 Å². The third-order valence-electron chi connectivity index (χ3n) is 4.93. The molecule has 3 heterocycles. The van der Waals surface area contributed by atoms with E-state index in [1.165, 1.54) is 16.7 Å². The van der Waals surface area contributed by atoms with Crippen LogP contribution >= 0.6 is 24.0 Å². The molecule has 2 fully saturated rings. The fourth-order valence-electron chi connectivity index (χ4n) is 3.47. The van der Waals surface area contributed by atoms with E-state index in [2.05, 4.69) is 11.5 Å². The first-order valence-electron chi connectivity index (χ1n) is 9.31. The van der Waals surface area contributed by atoms with Crippen molar-refractivity contribution in [2.45, 2.75) is 20.4 Å². The van der Waals surface area contributed by atoms with Crippen LogP contribution < -0.4 is 10.5 Å². The number of anilines is 1. The van der Waals surface area contributed by atoms with E-state index in [4.69, 9.17) is 17.0 Å². The van der Waals surface area contributed by atoms with Gasteiger partial charge in [-0.1, -0.05) is 30.1 Å². The van der Waals surface area contributed by atoms with Gasteiger partial charge >= 0.3 is 0 Å². The molecule has 0 unspecified atom stereocenters. The predicted molar refractivity (Wildman–Crippen MR) is 119 cm³/mol. The number of pyridine rings is 1. The summed E-state index contributed by atoms with van der Waals surface area (Å²) in [4.78, 5) is 29.8. The molecule has 0 saturated carbocycles. The van der Waals surface area contributed by atoms with Crippen LogP contribution in [0.25, 0.3) is 6.08 Å². The Balaban J connectivity index is 2.23. The molecule has 1 aromatic rings. The summed E-state index contributed by atoms with van der Waals surface area (Å²) in [5, 5.41) is 9.58. The Hall–Kier alpha value is -2.41. The number of thiocarbonyl (C=S) groups is 1. The number of aromatic nitrogens is 1. The Morgan fingerprint density at radius 1 is 1.34 bits per heavy atom. The van der Waals surface area contributed by atoms with Crippen molar-refractivity contribution in [1.82, 2.24) is 9.47 Å². The quantitative estimate of drug-likeness (QED) is 0.403. The summed E-state index contributed by atoms with van der Waals surface area (Å²) in [5.41, 5.74) is 1.05. The zero-order valence-electron chi connectivity index (χ0n) is 16.4. The molecule has 3 rings (SSSR count). The number of hydrogen-bond donors (Lipinski definition) is 0. The second-order valence-electron chi connectivity index (χ2n) is 6.58. The van der Waals surface area contributed by atoms with Crippen LogP contribution in [0.3, 0.4) is 0 Å². The highest BCUT2D eigenvalue weighted by molar-refractivity contribution is 8.26. The van der Waals surface area contributed by atoms with E-state index in [0.717, 1.165) is 0 Å². The lowest BCUT2D eigenvalue weighted by Gasteiger charge is -2.33. The lowest BCUT2D eigenvalue weighted by Crippen LogP contribution is -2.41. The molecule has 0 spiro atoms. The van der Waals surface area contributed by atoms with Gasteiger partial charge in [0.2, 0.25) is 0 Å². The van der Waals surface area contributed by atoms with Gasteiger partial charge in [0.05, 0.1) is 18.1 Å². The van der Waals surface area contributed by atoms with Crippen molar-refractivity contribution in [3.8, 4) is 6.07 Å². The van der Waals surface area contributed by atoms with E-state index in [9.17, 15) is 14.9 Å². The number of carbonyl (C=O) groups is 1. The topological polar surface area (TPSA) is 78.6 Å². The molecular weight excluding hydrogens is 408 g/mol. The van der Waals surface area contributed by atoms with Gasteiger partial charge in [-0.3, -0.25) is 19.1 Å². The fourth-order valence-corrected chi connectivity index (χ4v) is 4.73. The Labute approximate surface area is 179 Å². The van der Waals surface area contributed by atoms with Crippen molar-refractivity contribution >= 4 is 46.1 Å². The van der Waals surface area contributed by atoms with Crippen molar-refractivity contribution in [2.24, 2.45) is 0 Å². The number of nitrogens with zero attached hydrogens (tertiary/aromatic N) is 4. The number of morpholine rings is 1.